The molecule has 0 fully saturated rings. The van der Waals surface area contributed by atoms with Crippen LogP contribution < -0.4 is 5.32 Å². The molecule has 0 bridgehead atoms. The summed E-state index contributed by atoms with van der Waals surface area (Å²) in [6.45, 7) is 6.50. The van der Waals surface area contributed by atoms with E-state index in [-0.39, 0.29) is 6.04 Å². The summed E-state index contributed by atoms with van der Waals surface area (Å²) in [7, 11) is 3.22. The standard InChI is InChI=1S/C11H23NO4/c1-11(2,3)16-10(13)12-9(8-15-5)6-7-14-4/h9H,6-8H2,1-5H3,(H,12,13). The van der Waals surface area contributed by atoms with Crippen molar-refractivity contribution in [1.29, 1.82) is 0 Å². The lowest BCUT2D eigenvalue weighted by molar-refractivity contribution is 0.0448. The van der Waals surface area contributed by atoms with E-state index < -0.39 is 11.7 Å². The third-order valence-electron chi connectivity index (χ3n) is 1.76. The summed E-state index contributed by atoms with van der Waals surface area (Å²) in [6.07, 6.45) is 0.273. The van der Waals surface area contributed by atoms with Gasteiger partial charge in [0.15, 0.2) is 0 Å². The lowest BCUT2D eigenvalue weighted by Crippen LogP contribution is -2.41. The summed E-state index contributed by atoms with van der Waals surface area (Å²) in [4.78, 5) is 11.5. The Labute approximate surface area is 97.4 Å². The minimum Gasteiger partial charge on any atom is -0.444 e. The Balaban J connectivity index is 4.02. The molecule has 0 heterocycles. The SMILES string of the molecule is COCCC(COC)NC(=O)OC(C)(C)C. The number of alkyl carbamates (subject to hydrolysis) is 1. The first kappa shape index (κ1) is 15.2. The minimum absolute atomic E-state index is 0.0835. The fourth-order valence-corrected chi connectivity index (χ4v) is 1.13. The van der Waals surface area contributed by atoms with Crippen molar-refractivity contribution in [3.8, 4) is 0 Å². The molecular weight excluding hydrogens is 210 g/mol. The van der Waals surface area contributed by atoms with Crippen LogP contribution in [0.25, 0.3) is 0 Å². The van der Waals surface area contributed by atoms with Crippen molar-refractivity contribution in [2.75, 3.05) is 27.4 Å². The van der Waals surface area contributed by atoms with E-state index in [1.807, 2.05) is 20.8 Å². The average molecular weight is 233 g/mol. The zero-order valence-corrected chi connectivity index (χ0v) is 10.8. The Kier molecular flexibility index (Phi) is 7.08. The highest BCUT2D eigenvalue weighted by Gasteiger charge is 2.19. The molecule has 0 aromatic heterocycles. The van der Waals surface area contributed by atoms with Crippen molar-refractivity contribution in [2.45, 2.75) is 38.8 Å². The molecule has 5 nitrogen and oxygen atoms in total. The van der Waals surface area contributed by atoms with Crippen molar-refractivity contribution >= 4 is 6.09 Å². The molecule has 0 saturated heterocycles. The Morgan fingerprint density at radius 2 is 1.88 bits per heavy atom. The fraction of sp³-hybridized carbons (Fsp3) is 0.909. The van der Waals surface area contributed by atoms with Gasteiger partial charge in [0.2, 0.25) is 0 Å². The van der Waals surface area contributed by atoms with Gasteiger partial charge in [0.25, 0.3) is 0 Å². The molecule has 1 amide bonds. The number of hydrogen-bond donors (Lipinski definition) is 1. The molecule has 16 heavy (non-hydrogen) atoms. The highest BCUT2D eigenvalue weighted by molar-refractivity contribution is 5.68. The van der Waals surface area contributed by atoms with E-state index in [9.17, 15) is 4.79 Å². The first-order chi connectivity index (χ1) is 7.39. The zero-order valence-electron chi connectivity index (χ0n) is 10.8. The molecule has 0 aromatic carbocycles. The largest absolute Gasteiger partial charge is 0.444 e. The third-order valence-corrected chi connectivity index (χ3v) is 1.76. The molecule has 1 atom stereocenters. The maximum absolute atomic E-state index is 11.5. The van der Waals surface area contributed by atoms with Gasteiger partial charge in [-0.25, -0.2) is 4.79 Å². The minimum atomic E-state index is -0.483. The Morgan fingerprint density at radius 1 is 1.25 bits per heavy atom. The lowest BCUT2D eigenvalue weighted by Gasteiger charge is -2.23. The predicted octanol–water partition coefficient (Wildman–Crippen LogP) is 1.56. The van der Waals surface area contributed by atoms with Crippen molar-refractivity contribution in [1.82, 2.24) is 5.32 Å². The molecule has 0 aliphatic rings. The third kappa shape index (κ3) is 8.49. The molecule has 0 aliphatic heterocycles. The number of nitrogens with one attached hydrogen (secondary N) is 1. The van der Waals surface area contributed by atoms with Crippen LogP contribution in [-0.2, 0) is 14.2 Å². The first-order valence-electron chi connectivity index (χ1n) is 5.36. The molecule has 0 aliphatic carbocycles. The maximum atomic E-state index is 11.5. The zero-order chi connectivity index (χ0) is 12.6. The van der Waals surface area contributed by atoms with Gasteiger partial charge in [-0.15, -0.1) is 0 Å². The number of carbonyl (C=O) groups excluding carboxylic acids is 1. The smallest absolute Gasteiger partial charge is 0.407 e. The van der Waals surface area contributed by atoms with Crippen molar-refractivity contribution in [2.24, 2.45) is 0 Å². The van der Waals surface area contributed by atoms with Crippen LogP contribution in [0.1, 0.15) is 27.2 Å². The van der Waals surface area contributed by atoms with E-state index >= 15 is 0 Å². The fourth-order valence-electron chi connectivity index (χ4n) is 1.13. The van der Waals surface area contributed by atoms with Crippen LogP contribution in [0.3, 0.4) is 0 Å². The van der Waals surface area contributed by atoms with Crippen LogP contribution in [0.15, 0.2) is 0 Å². The molecule has 0 spiro atoms. The van der Waals surface area contributed by atoms with Crippen molar-refractivity contribution in [3.63, 3.8) is 0 Å². The van der Waals surface area contributed by atoms with Crippen LogP contribution in [0.4, 0.5) is 4.79 Å². The van der Waals surface area contributed by atoms with Gasteiger partial charge in [0.1, 0.15) is 5.60 Å². The maximum Gasteiger partial charge on any atom is 0.407 e. The van der Waals surface area contributed by atoms with Gasteiger partial charge in [-0.2, -0.15) is 0 Å². The van der Waals surface area contributed by atoms with E-state index in [0.29, 0.717) is 19.6 Å². The quantitative estimate of drug-likeness (QED) is 0.756. The molecule has 1 N–H and O–H groups in total. The predicted molar refractivity (Wildman–Crippen MR) is 61.5 cm³/mol. The average Bonchev–Trinajstić information content (AvgIpc) is 2.11. The summed E-state index contributed by atoms with van der Waals surface area (Å²) in [5.41, 5.74) is -0.483. The summed E-state index contributed by atoms with van der Waals surface area (Å²) in [5, 5.41) is 2.74. The van der Waals surface area contributed by atoms with Crippen molar-refractivity contribution in [3.05, 3.63) is 0 Å². The van der Waals surface area contributed by atoms with E-state index in [0.717, 1.165) is 0 Å². The molecule has 0 radical (unpaired) electrons. The van der Waals surface area contributed by atoms with E-state index in [1.54, 1.807) is 14.2 Å². The van der Waals surface area contributed by atoms with E-state index in [2.05, 4.69) is 5.32 Å². The summed E-state index contributed by atoms with van der Waals surface area (Å²) in [5.74, 6) is 0. The number of hydrogen-bond acceptors (Lipinski definition) is 4. The summed E-state index contributed by atoms with van der Waals surface area (Å²) >= 11 is 0. The second kappa shape index (κ2) is 7.46. The second-order valence-electron chi connectivity index (χ2n) is 4.58. The molecular formula is C11H23NO4. The van der Waals surface area contributed by atoms with E-state index in [4.69, 9.17) is 14.2 Å². The molecule has 1 unspecified atom stereocenters. The molecule has 5 heteroatoms. The molecule has 0 aromatic rings. The Hall–Kier alpha value is -0.810. The summed E-state index contributed by atoms with van der Waals surface area (Å²) < 4.78 is 15.1. The van der Waals surface area contributed by atoms with Gasteiger partial charge in [-0.3, -0.25) is 0 Å². The molecule has 0 rings (SSSR count). The molecule has 0 saturated carbocycles. The van der Waals surface area contributed by atoms with Gasteiger partial charge in [-0.05, 0) is 27.2 Å². The highest BCUT2D eigenvalue weighted by Crippen LogP contribution is 2.07. The Bertz CT molecular complexity index is 201. The lowest BCUT2D eigenvalue weighted by atomic mass is 10.2. The van der Waals surface area contributed by atoms with E-state index in [1.165, 1.54) is 0 Å². The highest BCUT2D eigenvalue weighted by atomic mass is 16.6. The van der Waals surface area contributed by atoms with Crippen LogP contribution in [0.5, 0.6) is 0 Å². The Morgan fingerprint density at radius 3 is 2.31 bits per heavy atom. The number of ether oxygens (including phenoxy) is 3. The number of methoxy groups -OCH3 is 2. The second-order valence-corrected chi connectivity index (χ2v) is 4.58. The van der Waals surface area contributed by atoms with Gasteiger partial charge in [0, 0.05) is 20.8 Å². The van der Waals surface area contributed by atoms with Crippen molar-refractivity contribution < 1.29 is 19.0 Å². The van der Waals surface area contributed by atoms with Gasteiger partial charge in [-0.1, -0.05) is 0 Å². The normalized spacial score (nSPS) is 13.3. The van der Waals surface area contributed by atoms with Crippen LogP contribution in [0.2, 0.25) is 0 Å². The topological polar surface area (TPSA) is 56.8 Å². The van der Waals surface area contributed by atoms with Gasteiger partial charge >= 0.3 is 6.09 Å². The monoisotopic (exact) mass is 233 g/mol. The number of carbonyl (C=O) groups is 1. The number of rotatable bonds is 6. The molecule has 96 valence electrons. The van der Waals surface area contributed by atoms with Gasteiger partial charge in [0.05, 0.1) is 12.6 Å². The van der Waals surface area contributed by atoms with Crippen LogP contribution >= 0.6 is 0 Å². The van der Waals surface area contributed by atoms with Crippen LogP contribution in [-0.4, -0.2) is 45.2 Å². The first-order valence-corrected chi connectivity index (χ1v) is 5.36. The number of amides is 1. The summed E-state index contributed by atoms with van der Waals surface area (Å²) in [6, 6.07) is -0.0835. The van der Waals surface area contributed by atoms with Gasteiger partial charge < -0.3 is 19.5 Å². The van der Waals surface area contributed by atoms with Crippen LogP contribution in [0, 0.1) is 0 Å².